The van der Waals surface area contributed by atoms with Crippen LogP contribution in [0.2, 0.25) is 0 Å². The Morgan fingerprint density at radius 2 is 1.96 bits per heavy atom. The Morgan fingerprint density at radius 3 is 2.52 bits per heavy atom. The summed E-state index contributed by atoms with van der Waals surface area (Å²) in [6.07, 6.45) is -2.04. The zero-order chi connectivity index (χ0) is 19.2. The van der Waals surface area contributed by atoms with Gasteiger partial charge in [0, 0.05) is 40.2 Å². The molecule has 1 fully saturated rings. The third-order valence-corrected chi connectivity index (χ3v) is 4.58. The fraction of sp³-hybridized carbons (Fsp3) is 0.556. The molecule has 1 aromatic rings. The van der Waals surface area contributed by atoms with Crippen LogP contribution in [0.1, 0.15) is 30.4 Å². The first kappa shape index (κ1) is 23.5. The van der Waals surface area contributed by atoms with Crippen molar-refractivity contribution >= 4 is 35.8 Å². The third kappa shape index (κ3) is 7.19. The normalized spacial score (nSPS) is 15.9. The summed E-state index contributed by atoms with van der Waals surface area (Å²) in [7, 11) is 3.29. The van der Waals surface area contributed by atoms with Crippen LogP contribution in [0.25, 0.3) is 0 Å². The van der Waals surface area contributed by atoms with E-state index in [2.05, 4.69) is 20.5 Å². The van der Waals surface area contributed by atoms with E-state index in [4.69, 9.17) is 0 Å². The largest absolute Gasteiger partial charge is 0.416 e. The first-order valence-electron chi connectivity index (χ1n) is 8.65. The van der Waals surface area contributed by atoms with Gasteiger partial charge in [-0.3, -0.25) is 9.79 Å². The number of halogens is 4. The van der Waals surface area contributed by atoms with Crippen molar-refractivity contribution in [3.63, 3.8) is 0 Å². The van der Waals surface area contributed by atoms with Gasteiger partial charge in [0.15, 0.2) is 5.96 Å². The standard InChI is InChI=1S/C18H25F3N4O.HI/c1-22-16(26)11-13-6-8-25(9-7-13)17(23-2)24-12-14-4-3-5-15(10-14)18(19,20)21;/h3-5,10,13H,6-9,11-12H2,1-2H3,(H,22,26)(H,23,24);1H. The van der Waals surface area contributed by atoms with E-state index in [1.165, 1.54) is 6.07 Å². The number of nitrogens with one attached hydrogen (secondary N) is 2. The maximum atomic E-state index is 12.8. The van der Waals surface area contributed by atoms with E-state index in [0.717, 1.165) is 38.1 Å². The number of aliphatic imine (C=N–C) groups is 1. The van der Waals surface area contributed by atoms with Gasteiger partial charge in [0.1, 0.15) is 0 Å². The second-order valence-corrected chi connectivity index (χ2v) is 6.41. The molecule has 0 bridgehead atoms. The van der Waals surface area contributed by atoms with E-state index < -0.39 is 11.7 Å². The fourth-order valence-corrected chi connectivity index (χ4v) is 3.08. The van der Waals surface area contributed by atoms with Crippen molar-refractivity contribution in [1.82, 2.24) is 15.5 Å². The lowest BCUT2D eigenvalue weighted by atomic mass is 9.93. The molecule has 9 heteroatoms. The van der Waals surface area contributed by atoms with Crippen LogP contribution in [0.4, 0.5) is 13.2 Å². The molecule has 0 aromatic heterocycles. The predicted molar refractivity (Wildman–Crippen MR) is 110 cm³/mol. The predicted octanol–water partition coefficient (Wildman–Crippen LogP) is 3.25. The summed E-state index contributed by atoms with van der Waals surface area (Å²) in [6.45, 7) is 1.81. The number of likely N-dealkylation sites (tertiary alicyclic amines) is 1. The second kappa shape index (κ2) is 10.7. The molecule has 27 heavy (non-hydrogen) atoms. The lowest BCUT2D eigenvalue weighted by molar-refractivity contribution is -0.137. The molecular formula is C18H26F3IN4O. The van der Waals surface area contributed by atoms with Crippen LogP contribution in [0, 0.1) is 5.92 Å². The van der Waals surface area contributed by atoms with Crippen molar-refractivity contribution in [2.75, 3.05) is 27.2 Å². The Morgan fingerprint density at radius 1 is 1.30 bits per heavy atom. The van der Waals surface area contributed by atoms with Crippen LogP contribution in [-0.4, -0.2) is 44.0 Å². The Balaban J connectivity index is 0.00000364. The molecule has 2 N–H and O–H groups in total. The monoisotopic (exact) mass is 498 g/mol. The summed E-state index contributed by atoms with van der Waals surface area (Å²) < 4.78 is 38.4. The van der Waals surface area contributed by atoms with Crippen LogP contribution >= 0.6 is 24.0 Å². The number of carbonyl (C=O) groups is 1. The highest BCUT2D eigenvalue weighted by atomic mass is 127. The minimum absolute atomic E-state index is 0. The van der Waals surface area contributed by atoms with Gasteiger partial charge in [-0.05, 0) is 36.5 Å². The van der Waals surface area contributed by atoms with Crippen LogP contribution in [0.15, 0.2) is 29.3 Å². The topological polar surface area (TPSA) is 56.7 Å². The molecule has 1 aliphatic heterocycles. The maximum absolute atomic E-state index is 12.8. The van der Waals surface area contributed by atoms with E-state index in [-0.39, 0.29) is 36.4 Å². The fourth-order valence-electron chi connectivity index (χ4n) is 3.08. The molecule has 0 atom stereocenters. The van der Waals surface area contributed by atoms with Crippen molar-refractivity contribution in [1.29, 1.82) is 0 Å². The number of amides is 1. The number of carbonyl (C=O) groups excluding carboxylic acids is 1. The number of rotatable bonds is 4. The Bertz CT molecular complexity index is 644. The van der Waals surface area contributed by atoms with E-state index in [1.807, 2.05) is 0 Å². The number of piperidine rings is 1. The van der Waals surface area contributed by atoms with Crippen molar-refractivity contribution in [2.45, 2.75) is 32.0 Å². The SMILES string of the molecule is CN=C(NCc1cccc(C(F)(F)F)c1)N1CCC(CC(=O)NC)CC1.I. The van der Waals surface area contributed by atoms with E-state index >= 15 is 0 Å². The molecular weight excluding hydrogens is 472 g/mol. The molecule has 1 aromatic carbocycles. The molecule has 152 valence electrons. The van der Waals surface area contributed by atoms with Crippen LogP contribution < -0.4 is 10.6 Å². The van der Waals surface area contributed by atoms with Gasteiger partial charge in [-0.15, -0.1) is 24.0 Å². The van der Waals surface area contributed by atoms with Crippen molar-refractivity contribution in [3.05, 3.63) is 35.4 Å². The van der Waals surface area contributed by atoms with Crippen molar-refractivity contribution < 1.29 is 18.0 Å². The van der Waals surface area contributed by atoms with Gasteiger partial charge in [0.25, 0.3) is 0 Å². The molecule has 2 rings (SSSR count). The number of alkyl halides is 3. The quantitative estimate of drug-likeness (QED) is 0.381. The van der Waals surface area contributed by atoms with Crippen LogP contribution in [0.5, 0.6) is 0 Å². The van der Waals surface area contributed by atoms with Gasteiger partial charge >= 0.3 is 6.18 Å². The summed E-state index contributed by atoms with van der Waals surface area (Å²) in [5.41, 5.74) is -0.0997. The highest BCUT2D eigenvalue weighted by Gasteiger charge is 2.30. The molecule has 0 radical (unpaired) electrons. The average Bonchev–Trinajstić information content (AvgIpc) is 2.63. The van der Waals surface area contributed by atoms with E-state index in [1.54, 1.807) is 20.2 Å². The maximum Gasteiger partial charge on any atom is 0.416 e. The number of guanidine groups is 1. The number of nitrogens with zero attached hydrogens (tertiary/aromatic N) is 2. The van der Waals surface area contributed by atoms with E-state index in [9.17, 15) is 18.0 Å². The van der Waals surface area contributed by atoms with Gasteiger partial charge in [-0.25, -0.2) is 0 Å². The second-order valence-electron chi connectivity index (χ2n) is 6.41. The molecule has 1 saturated heterocycles. The molecule has 1 aliphatic rings. The van der Waals surface area contributed by atoms with Crippen LogP contribution in [0.3, 0.4) is 0 Å². The van der Waals surface area contributed by atoms with Crippen molar-refractivity contribution in [2.24, 2.45) is 10.9 Å². The van der Waals surface area contributed by atoms with Gasteiger partial charge in [-0.1, -0.05) is 12.1 Å². The molecule has 0 unspecified atom stereocenters. The summed E-state index contributed by atoms with van der Waals surface area (Å²) in [5.74, 6) is 1.07. The van der Waals surface area contributed by atoms with Crippen LogP contribution in [-0.2, 0) is 17.5 Å². The summed E-state index contributed by atoms with van der Waals surface area (Å²) >= 11 is 0. The highest BCUT2D eigenvalue weighted by molar-refractivity contribution is 14.0. The molecule has 1 amide bonds. The Hall–Kier alpha value is -1.52. The first-order chi connectivity index (χ1) is 12.3. The molecule has 0 spiro atoms. The van der Waals surface area contributed by atoms with Gasteiger partial charge in [-0.2, -0.15) is 13.2 Å². The number of benzene rings is 1. The minimum atomic E-state index is -4.34. The average molecular weight is 498 g/mol. The Kier molecular flexibility index (Phi) is 9.34. The lowest BCUT2D eigenvalue weighted by Gasteiger charge is -2.34. The molecule has 0 saturated carbocycles. The van der Waals surface area contributed by atoms with Gasteiger partial charge in [0.2, 0.25) is 5.91 Å². The summed E-state index contributed by atoms with van der Waals surface area (Å²) in [5, 5.41) is 5.77. The highest BCUT2D eigenvalue weighted by Crippen LogP contribution is 2.29. The summed E-state index contributed by atoms with van der Waals surface area (Å²) in [6, 6.07) is 5.28. The lowest BCUT2D eigenvalue weighted by Crippen LogP contribution is -2.45. The molecule has 0 aliphatic carbocycles. The number of hydrogen-bond donors (Lipinski definition) is 2. The van der Waals surface area contributed by atoms with Gasteiger partial charge < -0.3 is 15.5 Å². The zero-order valence-electron chi connectivity index (χ0n) is 15.5. The zero-order valence-corrected chi connectivity index (χ0v) is 17.8. The third-order valence-electron chi connectivity index (χ3n) is 4.58. The van der Waals surface area contributed by atoms with Gasteiger partial charge in [0.05, 0.1) is 5.56 Å². The Labute approximate surface area is 174 Å². The summed E-state index contributed by atoms with van der Waals surface area (Å²) in [4.78, 5) is 17.8. The first-order valence-corrected chi connectivity index (χ1v) is 8.65. The van der Waals surface area contributed by atoms with Crippen molar-refractivity contribution in [3.8, 4) is 0 Å². The molecule has 1 heterocycles. The van der Waals surface area contributed by atoms with E-state index in [0.29, 0.717) is 23.9 Å². The molecule has 5 nitrogen and oxygen atoms in total. The smallest absolute Gasteiger partial charge is 0.359 e. The minimum Gasteiger partial charge on any atom is -0.359 e. The number of hydrogen-bond acceptors (Lipinski definition) is 2.